The van der Waals surface area contributed by atoms with Gasteiger partial charge in [-0.3, -0.25) is 0 Å². The van der Waals surface area contributed by atoms with Crippen LogP contribution in [0.4, 0.5) is 0 Å². The van der Waals surface area contributed by atoms with Gasteiger partial charge in [0.2, 0.25) is 0 Å². The van der Waals surface area contributed by atoms with E-state index in [1.165, 1.54) is 0 Å². The van der Waals surface area contributed by atoms with Gasteiger partial charge in [-0.1, -0.05) is 0 Å². The summed E-state index contributed by atoms with van der Waals surface area (Å²) in [6.45, 7) is 13.9. The topological polar surface area (TPSA) is 27.7 Å². The van der Waals surface area contributed by atoms with Crippen LogP contribution in [0.5, 0.6) is 0 Å². The summed E-state index contributed by atoms with van der Waals surface area (Å²) < 4.78 is 17.3. The molecule has 0 N–H and O–H groups in total. The molecule has 0 aliphatic carbocycles. The van der Waals surface area contributed by atoms with Gasteiger partial charge in [0, 0.05) is 12.5 Å². The molecule has 2 saturated heterocycles. The highest BCUT2D eigenvalue weighted by molar-refractivity contribution is 6.54. The average Bonchev–Trinajstić information content (AvgIpc) is 2.72. The van der Waals surface area contributed by atoms with Gasteiger partial charge in [-0.15, -0.1) is 6.58 Å². The number of hydrogen-bond acceptors (Lipinski definition) is 3. The number of rotatable bonds is 2. The molecule has 1 atom stereocenters. The van der Waals surface area contributed by atoms with Crippen molar-refractivity contribution >= 4 is 7.12 Å². The average molecular weight is 224 g/mol. The van der Waals surface area contributed by atoms with Gasteiger partial charge in [-0.25, -0.2) is 0 Å². The molecular weight excluding hydrogens is 203 g/mol. The molecule has 2 rings (SSSR count). The predicted molar refractivity (Wildman–Crippen MR) is 64.1 cm³/mol. The van der Waals surface area contributed by atoms with E-state index in [0.717, 1.165) is 25.1 Å². The molecule has 16 heavy (non-hydrogen) atoms. The minimum atomic E-state index is -0.281. The quantitative estimate of drug-likeness (QED) is 0.673. The van der Waals surface area contributed by atoms with E-state index in [0.29, 0.717) is 5.92 Å². The zero-order valence-electron chi connectivity index (χ0n) is 10.7. The molecule has 0 bridgehead atoms. The van der Waals surface area contributed by atoms with E-state index < -0.39 is 0 Å². The van der Waals surface area contributed by atoms with E-state index in [1.807, 2.05) is 0 Å². The minimum Gasteiger partial charge on any atom is -0.400 e. The van der Waals surface area contributed by atoms with Crippen molar-refractivity contribution in [2.24, 2.45) is 5.92 Å². The molecule has 0 aromatic heterocycles. The maximum Gasteiger partial charge on any atom is 0.490 e. The summed E-state index contributed by atoms with van der Waals surface area (Å²) in [5, 5.41) is 0. The summed E-state index contributed by atoms with van der Waals surface area (Å²) in [4.78, 5) is 0. The van der Waals surface area contributed by atoms with Crippen LogP contribution in [0.3, 0.4) is 0 Å². The highest BCUT2D eigenvalue weighted by Gasteiger charge is 2.52. The second kappa shape index (κ2) is 3.86. The van der Waals surface area contributed by atoms with Gasteiger partial charge in [-0.2, -0.15) is 0 Å². The van der Waals surface area contributed by atoms with Crippen molar-refractivity contribution in [1.82, 2.24) is 0 Å². The van der Waals surface area contributed by atoms with Crippen molar-refractivity contribution in [2.45, 2.75) is 45.3 Å². The van der Waals surface area contributed by atoms with Crippen LogP contribution in [0.1, 0.15) is 34.1 Å². The minimum absolute atomic E-state index is 0.278. The monoisotopic (exact) mass is 224 g/mol. The van der Waals surface area contributed by atoms with Crippen LogP contribution < -0.4 is 0 Å². The fourth-order valence-corrected chi connectivity index (χ4v) is 2.01. The Morgan fingerprint density at radius 3 is 2.19 bits per heavy atom. The number of hydrogen-bond donors (Lipinski definition) is 0. The number of ether oxygens (including phenoxy) is 1. The van der Waals surface area contributed by atoms with Crippen molar-refractivity contribution in [3.05, 3.63) is 12.1 Å². The second-order valence-corrected chi connectivity index (χ2v) is 5.72. The lowest BCUT2D eigenvalue weighted by molar-refractivity contribution is 0.00578. The van der Waals surface area contributed by atoms with Gasteiger partial charge in [0.25, 0.3) is 0 Å². The first-order valence-electron chi connectivity index (χ1n) is 5.95. The van der Waals surface area contributed by atoms with Gasteiger partial charge in [0.1, 0.15) is 0 Å². The van der Waals surface area contributed by atoms with Crippen LogP contribution in [0.2, 0.25) is 0 Å². The Morgan fingerprint density at radius 1 is 1.19 bits per heavy atom. The molecule has 2 heterocycles. The van der Waals surface area contributed by atoms with Gasteiger partial charge < -0.3 is 14.0 Å². The van der Waals surface area contributed by atoms with Gasteiger partial charge in [-0.05, 0) is 39.6 Å². The van der Waals surface area contributed by atoms with E-state index in [9.17, 15) is 0 Å². The first-order chi connectivity index (χ1) is 7.33. The summed E-state index contributed by atoms with van der Waals surface area (Å²) in [6.07, 6.45) is 1.03. The largest absolute Gasteiger partial charge is 0.490 e. The molecular formula is C12H21BO3. The van der Waals surface area contributed by atoms with Crippen LogP contribution in [-0.2, 0) is 14.0 Å². The first-order valence-corrected chi connectivity index (χ1v) is 5.95. The first kappa shape index (κ1) is 12.2. The van der Waals surface area contributed by atoms with E-state index in [4.69, 9.17) is 14.0 Å². The summed E-state index contributed by atoms with van der Waals surface area (Å²) in [6, 6.07) is 0. The van der Waals surface area contributed by atoms with Crippen molar-refractivity contribution < 1.29 is 14.0 Å². The highest BCUT2D eigenvalue weighted by Crippen LogP contribution is 2.40. The maximum absolute atomic E-state index is 5.96. The summed E-state index contributed by atoms with van der Waals surface area (Å²) in [5.74, 6) is 0.384. The third-order valence-corrected chi connectivity index (χ3v) is 4.01. The van der Waals surface area contributed by atoms with Crippen molar-refractivity contribution in [1.29, 1.82) is 0 Å². The molecule has 90 valence electrons. The Hall–Kier alpha value is -0.315. The van der Waals surface area contributed by atoms with Crippen molar-refractivity contribution in [2.75, 3.05) is 13.2 Å². The summed E-state index contributed by atoms with van der Waals surface area (Å²) in [5.41, 5.74) is 0.469. The Balaban J connectivity index is 2.05. The van der Waals surface area contributed by atoms with Crippen LogP contribution in [0.25, 0.3) is 0 Å². The molecule has 0 radical (unpaired) electrons. The lowest BCUT2D eigenvalue weighted by Crippen LogP contribution is -2.41. The predicted octanol–water partition coefficient (Wildman–Crippen LogP) is 2.21. The molecule has 0 aromatic rings. The van der Waals surface area contributed by atoms with Gasteiger partial charge >= 0.3 is 7.12 Å². The fraction of sp³-hybridized carbons (Fsp3) is 0.833. The lowest BCUT2D eigenvalue weighted by Gasteiger charge is -2.32. The molecule has 2 fully saturated rings. The smallest absolute Gasteiger partial charge is 0.400 e. The standard InChI is InChI=1S/C12H21BO3/c1-9(10-6-7-14-8-10)13-15-11(2,3)12(4,5)16-13/h10H,1,6-8H2,2-5H3. The van der Waals surface area contributed by atoms with Gasteiger partial charge in [0.15, 0.2) is 0 Å². The highest BCUT2D eigenvalue weighted by atomic mass is 16.7. The second-order valence-electron chi connectivity index (χ2n) is 5.72. The molecule has 4 heteroatoms. The third-order valence-electron chi connectivity index (χ3n) is 4.01. The van der Waals surface area contributed by atoms with Crippen LogP contribution in [-0.4, -0.2) is 31.5 Å². The maximum atomic E-state index is 5.96. The Labute approximate surface area is 98.3 Å². The van der Waals surface area contributed by atoms with E-state index in [1.54, 1.807) is 0 Å². The fourth-order valence-electron chi connectivity index (χ4n) is 2.01. The molecule has 2 aliphatic heterocycles. The normalized spacial score (nSPS) is 32.0. The molecule has 0 aromatic carbocycles. The Bertz CT molecular complexity index is 277. The van der Waals surface area contributed by atoms with Crippen LogP contribution in [0, 0.1) is 5.92 Å². The molecule has 2 aliphatic rings. The van der Waals surface area contributed by atoms with E-state index in [2.05, 4.69) is 34.3 Å². The Kier molecular flexibility index (Phi) is 2.93. The van der Waals surface area contributed by atoms with E-state index >= 15 is 0 Å². The molecule has 0 amide bonds. The molecule has 0 saturated carbocycles. The van der Waals surface area contributed by atoms with Crippen molar-refractivity contribution in [3.63, 3.8) is 0 Å². The zero-order chi connectivity index (χ0) is 12.0. The molecule has 0 spiro atoms. The molecule has 3 nitrogen and oxygen atoms in total. The van der Waals surface area contributed by atoms with Crippen LogP contribution >= 0.6 is 0 Å². The summed E-state index contributed by atoms with van der Waals surface area (Å²) >= 11 is 0. The van der Waals surface area contributed by atoms with Crippen LogP contribution in [0.15, 0.2) is 12.1 Å². The Morgan fingerprint density at radius 2 is 1.75 bits per heavy atom. The van der Waals surface area contributed by atoms with Gasteiger partial charge in [0.05, 0.1) is 17.8 Å². The SMILES string of the molecule is C=C(B1OC(C)(C)C(C)(C)O1)C1CCOC1. The zero-order valence-corrected chi connectivity index (χ0v) is 10.7. The third kappa shape index (κ3) is 1.94. The van der Waals surface area contributed by atoms with E-state index in [-0.39, 0.29) is 18.3 Å². The lowest BCUT2D eigenvalue weighted by atomic mass is 9.71. The van der Waals surface area contributed by atoms with Crippen molar-refractivity contribution in [3.8, 4) is 0 Å². The molecule has 1 unspecified atom stereocenters. The summed E-state index contributed by atoms with van der Waals surface area (Å²) in [7, 11) is -0.281.